The van der Waals surface area contributed by atoms with Crippen LogP contribution in [0.3, 0.4) is 0 Å². The highest BCUT2D eigenvalue weighted by Gasteiger charge is 2.23. The quantitative estimate of drug-likeness (QED) is 0.361. The molecule has 1 unspecified atom stereocenters. The second-order valence-electron chi connectivity index (χ2n) is 7.40. The summed E-state index contributed by atoms with van der Waals surface area (Å²) in [6.07, 6.45) is 1.00. The van der Waals surface area contributed by atoms with Crippen LogP contribution in [0.4, 0.5) is 0 Å². The van der Waals surface area contributed by atoms with Crippen molar-refractivity contribution in [3.8, 4) is 0 Å². The first kappa shape index (κ1) is 20.9. The zero-order valence-electron chi connectivity index (χ0n) is 15.7. The molecule has 0 saturated heterocycles. The van der Waals surface area contributed by atoms with Gasteiger partial charge in [0, 0.05) is 11.2 Å². The van der Waals surface area contributed by atoms with Crippen molar-refractivity contribution < 1.29 is 4.21 Å². The molecule has 1 aromatic carbocycles. The molecule has 5 N–H and O–H groups in total. The maximum atomic E-state index is 12.5. The van der Waals surface area contributed by atoms with Crippen LogP contribution in [0.2, 0.25) is 5.02 Å². The van der Waals surface area contributed by atoms with Crippen LogP contribution in [0, 0.1) is 4.77 Å². The van der Waals surface area contributed by atoms with Gasteiger partial charge >= 0.3 is 0 Å². The van der Waals surface area contributed by atoms with Gasteiger partial charge in [-0.3, -0.25) is 9.78 Å². The molecule has 7 nitrogen and oxygen atoms in total. The van der Waals surface area contributed by atoms with E-state index in [-0.39, 0.29) is 5.56 Å². The van der Waals surface area contributed by atoms with Crippen molar-refractivity contribution in [2.75, 3.05) is 0 Å². The molecular weight excluding hydrogens is 418 g/mol. The number of aromatic nitrogens is 3. The molecule has 28 heavy (non-hydrogen) atoms. The van der Waals surface area contributed by atoms with Crippen molar-refractivity contribution in [3.63, 3.8) is 0 Å². The SMILES string of the molecule is CC(C)(C)S(=O)N[C@H](N)c1cc(Cl)ccc1Cn1c(=S)[nH]c(=O)c2[nH]ccc21. The minimum absolute atomic E-state index is 0.267. The van der Waals surface area contributed by atoms with E-state index >= 15 is 0 Å². The number of hydrogen-bond acceptors (Lipinski definition) is 4. The van der Waals surface area contributed by atoms with Gasteiger partial charge in [0.05, 0.1) is 34.0 Å². The lowest BCUT2D eigenvalue weighted by Crippen LogP contribution is -2.39. The highest BCUT2D eigenvalue weighted by atomic mass is 35.5. The van der Waals surface area contributed by atoms with Crippen LogP contribution < -0.4 is 16.0 Å². The third-order valence-electron chi connectivity index (χ3n) is 4.27. The Labute approximate surface area is 174 Å². The maximum absolute atomic E-state index is 12.5. The summed E-state index contributed by atoms with van der Waals surface area (Å²) < 4.78 is 17.0. The van der Waals surface area contributed by atoms with Crippen LogP contribution in [-0.2, 0) is 17.5 Å². The fourth-order valence-electron chi connectivity index (χ4n) is 2.79. The molecule has 10 heteroatoms. The van der Waals surface area contributed by atoms with Crippen molar-refractivity contribution in [1.29, 1.82) is 0 Å². The molecule has 0 spiro atoms. The van der Waals surface area contributed by atoms with Crippen LogP contribution in [0.15, 0.2) is 35.3 Å². The number of fused-ring (bicyclic) bond motifs is 1. The van der Waals surface area contributed by atoms with E-state index < -0.39 is 21.9 Å². The minimum Gasteiger partial charge on any atom is -0.355 e. The molecule has 150 valence electrons. The average Bonchev–Trinajstić information content (AvgIpc) is 3.08. The summed E-state index contributed by atoms with van der Waals surface area (Å²) in [6, 6.07) is 7.16. The van der Waals surface area contributed by atoms with E-state index in [0.717, 1.165) is 5.56 Å². The highest BCUT2D eigenvalue weighted by Crippen LogP contribution is 2.23. The van der Waals surface area contributed by atoms with E-state index in [4.69, 9.17) is 29.6 Å². The molecule has 0 fully saturated rings. The van der Waals surface area contributed by atoms with E-state index in [2.05, 4.69) is 14.7 Å². The van der Waals surface area contributed by atoms with Gasteiger partial charge in [0.15, 0.2) is 4.77 Å². The Balaban J connectivity index is 2.03. The third kappa shape index (κ3) is 4.28. The smallest absolute Gasteiger partial charge is 0.276 e. The number of nitrogens with one attached hydrogen (secondary N) is 3. The first-order valence-electron chi connectivity index (χ1n) is 8.60. The van der Waals surface area contributed by atoms with Crippen LogP contribution in [-0.4, -0.2) is 23.5 Å². The summed E-state index contributed by atoms with van der Waals surface area (Å²) in [5.41, 5.74) is 8.73. The topological polar surface area (TPSA) is 109 Å². The van der Waals surface area contributed by atoms with Gasteiger partial charge in [0.25, 0.3) is 5.56 Å². The largest absolute Gasteiger partial charge is 0.355 e. The molecule has 0 aliphatic rings. The zero-order chi connectivity index (χ0) is 20.6. The summed E-state index contributed by atoms with van der Waals surface area (Å²) in [5, 5.41) is 0.523. The van der Waals surface area contributed by atoms with Crippen molar-refractivity contribution >= 4 is 45.8 Å². The van der Waals surface area contributed by atoms with Crippen LogP contribution >= 0.6 is 23.8 Å². The Morgan fingerprint density at radius 3 is 2.75 bits per heavy atom. The summed E-state index contributed by atoms with van der Waals surface area (Å²) >= 11 is 11.5. The van der Waals surface area contributed by atoms with Gasteiger partial charge in [-0.25, -0.2) is 8.93 Å². The number of hydrogen-bond donors (Lipinski definition) is 4. The number of rotatable bonds is 5. The Kier molecular flexibility index (Phi) is 5.92. The van der Waals surface area contributed by atoms with E-state index in [1.165, 1.54) is 0 Å². The van der Waals surface area contributed by atoms with Gasteiger partial charge < -0.3 is 15.3 Å². The van der Waals surface area contributed by atoms with Gasteiger partial charge in [0.1, 0.15) is 5.52 Å². The van der Waals surface area contributed by atoms with Crippen molar-refractivity contribution in [2.45, 2.75) is 38.2 Å². The predicted molar refractivity (Wildman–Crippen MR) is 116 cm³/mol. The molecule has 0 saturated carbocycles. The van der Waals surface area contributed by atoms with Crippen molar-refractivity contribution in [1.82, 2.24) is 19.3 Å². The monoisotopic (exact) mass is 439 g/mol. The first-order valence-corrected chi connectivity index (χ1v) is 10.5. The third-order valence-corrected chi connectivity index (χ3v) is 6.41. The molecular formula is C18H22ClN5O2S2. The van der Waals surface area contributed by atoms with Gasteiger partial charge in [-0.1, -0.05) is 17.7 Å². The first-order chi connectivity index (χ1) is 13.1. The Bertz CT molecular complexity index is 1160. The van der Waals surface area contributed by atoms with Crippen molar-refractivity contribution in [3.05, 3.63) is 61.7 Å². The van der Waals surface area contributed by atoms with Crippen LogP contribution in [0.1, 0.15) is 38.1 Å². The fourth-order valence-corrected chi connectivity index (χ4v) is 3.93. The van der Waals surface area contributed by atoms with E-state index in [0.29, 0.717) is 32.9 Å². The molecule has 0 aliphatic heterocycles. The number of nitrogens with two attached hydrogens (primary N) is 1. The number of H-pyrrole nitrogens is 2. The number of aromatic amines is 2. The second kappa shape index (κ2) is 7.92. The van der Waals surface area contributed by atoms with Gasteiger partial charge in [-0.15, -0.1) is 0 Å². The molecule has 3 aromatic rings. The normalized spacial score (nSPS) is 14.3. The Morgan fingerprint density at radius 2 is 2.07 bits per heavy atom. The van der Waals surface area contributed by atoms with E-state index in [1.807, 2.05) is 31.4 Å². The van der Waals surface area contributed by atoms with Gasteiger partial charge in [-0.05, 0) is 62.3 Å². The fraction of sp³-hybridized carbons (Fsp3) is 0.333. The molecule has 2 atom stereocenters. The lowest BCUT2D eigenvalue weighted by molar-refractivity contribution is 0.604. The molecule has 3 rings (SSSR count). The van der Waals surface area contributed by atoms with Crippen LogP contribution in [0.25, 0.3) is 11.0 Å². The van der Waals surface area contributed by atoms with Crippen LogP contribution in [0.5, 0.6) is 0 Å². The molecule has 0 aliphatic carbocycles. The lowest BCUT2D eigenvalue weighted by Gasteiger charge is -2.24. The molecule has 2 aromatic heterocycles. The maximum Gasteiger partial charge on any atom is 0.276 e. The molecule has 2 heterocycles. The Hall–Kier alpha value is -1.78. The van der Waals surface area contributed by atoms with E-state index in [1.54, 1.807) is 24.4 Å². The Morgan fingerprint density at radius 1 is 1.36 bits per heavy atom. The van der Waals surface area contributed by atoms with Crippen molar-refractivity contribution in [2.24, 2.45) is 5.73 Å². The average molecular weight is 440 g/mol. The standard InChI is InChI=1S/C18H22ClN5O2S2/c1-18(2,3)28(26)23-15(20)12-8-11(19)5-4-10(12)9-24-13-6-7-21-14(13)16(25)22-17(24)27/h4-8,15,21,23H,9,20H2,1-3H3,(H,22,25,27)/t15-,28?/m0/s1. The van der Waals surface area contributed by atoms with Gasteiger partial charge in [-0.2, -0.15) is 0 Å². The zero-order valence-corrected chi connectivity index (χ0v) is 18.1. The summed E-state index contributed by atoms with van der Waals surface area (Å²) in [5.74, 6) is 0. The number of benzene rings is 1. The number of nitrogens with zero attached hydrogens (tertiary/aromatic N) is 1. The second-order valence-corrected chi connectivity index (χ2v) is 10.2. The number of halogens is 1. The van der Waals surface area contributed by atoms with Gasteiger partial charge in [0.2, 0.25) is 0 Å². The molecule has 0 radical (unpaired) electrons. The molecule has 0 bridgehead atoms. The minimum atomic E-state index is -1.35. The molecule has 0 amide bonds. The summed E-state index contributed by atoms with van der Waals surface area (Å²) in [4.78, 5) is 17.6. The summed E-state index contributed by atoms with van der Waals surface area (Å²) in [6.45, 7) is 5.96. The lowest BCUT2D eigenvalue weighted by atomic mass is 10.1. The predicted octanol–water partition coefficient (Wildman–Crippen LogP) is 3.10. The highest BCUT2D eigenvalue weighted by molar-refractivity contribution is 7.84. The van der Waals surface area contributed by atoms with E-state index in [9.17, 15) is 9.00 Å². The summed E-state index contributed by atoms with van der Waals surface area (Å²) in [7, 11) is -1.35.